The van der Waals surface area contributed by atoms with Crippen LogP contribution in [-0.2, 0) is 9.59 Å². The molecule has 2 saturated heterocycles. The molecule has 2 amide bonds. The molecule has 0 spiro atoms. The largest absolute Gasteiger partial charge is 0.494 e. The summed E-state index contributed by atoms with van der Waals surface area (Å²) < 4.78 is 20.5. The van der Waals surface area contributed by atoms with E-state index in [1.54, 1.807) is 26.6 Å². The number of fused-ring (bicyclic) bond motifs is 1. The molecular weight excluding hydrogens is 503 g/mol. The number of anilines is 2. The Morgan fingerprint density at radius 2 is 1.72 bits per heavy atom. The van der Waals surface area contributed by atoms with Gasteiger partial charge in [-0.2, -0.15) is 4.68 Å². The minimum absolute atomic E-state index is 0.0399. The highest BCUT2D eigenvalue weighted by molar-refractivity contribution is 6.00. The third-order valence-corrected chi connectivity index (χ3v) is 7.11. The molecule has 6 rings (SSSR count). The molecule has 4 aromatic rings. The Bertz CT molecular complexity index is 1500. The summed E-state index contributed by atoms with van der Waals surface area (Å²) in [5.74, 6) is 0.491. The second-order valence-corrected chi connectivity index (χ2v) is 9.49. The molecule has 1 unspecified atom stereocenters. The van der Waals surface area contributed by atoms with Gasteiger partial charge in [0.1, 0.15) is 17.9 Å². The number of nitrogens with zero attached hydrogens (tertiary/aromatic N) is 8. The van der Waals surface area contributed by atoms with Crippen molar-refractivity contribution in [2.45, 2.75) is 13.3 Å². The monoisotopic (exact) mass is 530 g/mol. The van der Waals surface area contributed by atoms with E-state index in [0.717, 1.165) is 11.4 Å². The summed E-state index contributed by atoms with van der Waals surface area (Å²) in [7, 11) is 0. The summed E-state index contributed by atoms with van der Waals surface area (Å²) in [6.07, 6.45) is 1.65. The fraction of sp³-hybridized carbons (Fsp3) is 0.333. The zero-order valence-electron chi connectivity index (χ0n) is 21.4. The molecule has 2 aromatic carbocycles. The van der Waals surface area contributed by atoms with E-state index in [4.69, 9.17) is 4.74 Å². The van der Waals surface area contributed by atoms with Crippen molar-refractivity contribution in [3.63, 3.8) is 0 Å². The highest BCUT2D eigenvalue weighted by Gasteiger charge is 2.38. The molecule has 2 aliphatic rings. The van der Waals surface area contributed by atoms with Gasteiger partial charge in [-0.25, -0.2) is 14.4 Å². The maximum Gasteiger partial charge on any atom is 0.228 e. The molecule has 11 nitrogen and oxygen atoms in total. The van der Waals surface area contributed by atoms with Gasteiger partial charge >= 0.3 is 0 Å². The molecule has 39 heavy (non-hydrogen) atoms. The summed E-state index contributed by atoms with van der Waals surface area (Å²) in [5, 5.41) is 8.68. The summed E-state index contributed by atoms with van der Waals surface area (Å²) in [6.45, 7) is 4.95. The Balaban J connectivity index is 1.12. The van der Waals surface area contributed by atoms with E-state index in [-0.39, 0.29) is 24.1 Å². The number of aromatic nitrogens is 5. The van der Waals surface area contributed by atoms with Crippen LogP contribution in [0.2, 0.25) is 0 Å². The molecule has 2 aromatic heterocycles. The van der Waals surface area contributed by atoms with Gasteiger partial charge in [-0.1, -0.05) is 5.21 Å². The Hall–Kier alpha value is -4.61. The highest BCUT2D eigenvalue weighted by atomic mass is 19.1. The molecule has 0 saturated carbocycles. The van der Waals surface area contributed by atoms with Crippen LogP contribution in [0.25, 0.3) is 16.9 Å². The van der Waals surface area contributed by atoms with Crippen LogP contribution < -0.4 is 14.5 Å². The van der Waals surface area contributed by atoms with Crippen LogP contribution in [0.4, 0.5) is 15.9 Å². The summed E-state index contributed by atoms with van der Waals surface area (Å²) in [4.78, 5) is 40.2. The molecule has 4 heterocycles. The van der Waals surface area contributed by atoms with E-state index in [9.17, 15) is 14.0 Å². The summed E-state index contributed by atoms with van der Waals surface area (Å²) in [5.41, 5.74) is 2.59. The second-order valence-electron chi connectivity index (χ2n) is 9.49. The fourth-order valence-electron chi connectivity index (χ4n) is 5.13. The number of ether oxygens (including phenoxy) is 1. The first-order chi connectivity index (χ1) is 19.0. The van der Waals surface area contributed by atoms with Crippen LogP contribution in [-0.4, -0.2) is 81.0 Å². The quantitative estimate of drug-likeness (QED) is 0.374. The Kier molecular flexibility index (Phi) is 6.51. The molecule has 12 heteroatoms. The average molecular weight is 531 g/mol. The van der Waals surface area contributed by atoms with Crippen molar-refractivity contribution in [2.24, 2.45) is 5.92 Å². The normalized spacial score (nSPS) is 17.7. The highest BCUT2D eigenvalue weighted by Crippen LogP contribution is 2.28. The van der Waals surface area contributed by atoms with Gasteiger partial charge in [0.2, 0.25) is 11.8 Å². The third kappa shape index (κ3) is 4.73. The van der Waals surface area contributed by atoms with Gasteiger partial charge in [0.15, 0.2) is 17.0 Å². The van der Waals surface area contributed by atoms with Crippen LogP contribution in [0.1, 0.15) is 13.3 Å². The molecule has 0 aliphatic carbocycles. The fourth-order valence-corrected chi connectivity index (χ4v) is 5.13. The number of hydrogen-bond acceptors (Lipinski definition) is 8. The molecule has 2 aliphatic heterocycles. The van der Waals surface area contributed by atoms with Crippen LogP contribution in [0.3, 0.4) is 0 Å². The molecule has 1 atom stereocenters. The molecule has 0 radical (unpaired) electrons. The first-order valence-corrected chi connectivity index (χ1v) is 12.9. The SMILES string of the molecule is CCOc1ccc(-n2nnc3c(N4CCN(C(=O)C5CC(=O)N(c6ccc(F)cc6)C5)CC4)ncnc32)cc1. The standard InChI is InChI=1S/C27H27FN8O3/c1-2-39-22-9-7-21(8-10-22)36-26-24(31-32-36)25(29-17-30-26)33-11-13-34(14-12-33)27(38)18-15-23(37)35(16-18)20-5-3-19(28)4-6-20/h3-10,17-18H,2,11-16H2,1H3. The number of halogens is 1. The number of piperazine rings is 1. The zero-order valence-corrected chi connectivity index (χ0v) is 21.4. The van der Waals surface area contributed by atoms with Crippen molar-refractivity contribution >= 4 is 34.5 Å². The number of amides is 2. The Morgan fingerprint density at radius 3 is 2.44 bits per heavy atom. The molecule has 0 N–H and O–H groups in total. The van der Waals surface area contributed by atoms with E-state index in [2.05, 4.69) is 25.2 Å². The maximum atomic E-state index is 13.3. The van der Waals surface area contributed by atoms with Gasteiger partial charge in [-0.3, -0.25) is 9.59 Å². The van der Waals surface area contributed by atoms with Crippen molar-refractivity contribution in [1.82, 2.24) is 29.9 Å². The topological polar surface area (TPSA) is 110 Å². The maximum absolute atomic E-state index is 13.3. The number of hydrogen-bond donors (Lipinski definition) is 0. The summed E-state index contributed by atoms with van der Waals surface area (Å²) in [6, 6.07) is 13.3. The van der Waals surface area contributed by atoms with Crippen molar-refractivity contribution in [2.75, 3.05) is 49.1 Å². The van der Waals surface area contributed by atoms with Gasteiger partial charge in [-0.15, -0.1) is 5.10 Å². The third-order valence-electron chi connectivity index (χ3n) is 7.11. The van der Waals surface area contributed by atoms with Gasteiger partial charge in [0.05, 0.1) is 18.2 Å². The van der Waals surface area contributed by atoms with Gasteiger partial charge in [-0.05, 0) is 55.5 Å². The first kappa shape index (κ1) is 24.7. The summed E-state index contributed by atoms with van der Waals surface area (Å²) >= 11 is 0. The van der Waals surface area contributed by atoms with Crippen molar-refractivity contribution in [3.8, 4) is 11.4 Å². The van der Waals surface area contributed by atoms with Gasteiger partial charge in [0.25, 0.3) is 0 Å². The lowest BCUT2D eigenvalue weighted by atomic mass is 10.1. The van der Waals surface area contributed by atoms with Crippen LogP contribution in [0.5, 0.6) is 5.75 Å². The van der Waals surface area contributed by atoms with Gasteiger partial charge < -0.3 is 19.4 Å². The smallest absolute Gasteiger partial charge is 0.228 e. The number of rotatable bonds is 6. The molecular formula is C27H27FN8O3. The first-order valence-electron chi connectivity index (χ1n) is 12.9. The minimum atomic E-state index is -0.422. The molecule has 0 bridgehead atoms. The van der Waals surface area contributed by atoms with Crippen molar-refractivity contribution in [3.05, 3.63) is 60.7 Å². The number of carbonyl (C=O) groups is 2. The number of carbonyl (C=O) groups excluding carboxylic acids is 2. The number of benzene rings is 2. The van der Waals surface area contributed by atoms with Crippen LogP contribution in [0, 0.1) is 11.7 Å². The lowest BCUT2D eigenvalue weighted by Gasteiger charge is -2.36. The minimum Gasteiger partial charge on any atom is -0.494 e. The Morgan fingerprint density at radius 1 is 1.00 bits per heavy atom. The van der Waals surface area contributed by atoms with Gasteiger partial charge in [0, 0.05) is 44.8 Å². The average Bonchev–Trinajstić information content (AvgIpc) is 3.58. The van der Waals surface area contributed by atoms with Crippen LogP contribution in [0.15, 0.2) is 54.9 Å². The second kappa shape index (κ2) is 10.3. The lowest BCUT2D eigenvalue weighted by Crippen LogP contribution is -2.51. The lowest BCUT2D eigenvalue weighted by molar-refractivity contribution is -0.136. The molecule has 2 fully saturated rings. The predicted octanol–water partition coefficient (Wildman–Crippen LogP) is 2.45. The van der Waals surface area contributed by atoms with Crippen molar-refractivity contribution in [1.29, 1.82) is 0 Å². The van der Waals surface area contributed by atoms with E-state index in [0.29, 0.717) is 62.0 Å². The van der Waals surface area contributed by atoms with Crippen molar-refractivity contribution < 1.29 is 18.7 Å². The van der Waals surface area contributed by atoms with E-state index in [1.807, 2.05) is 31.2 Å². The van der Waals surface area contributed by atoms with E-state index >= 15 is 0 Å². The zero-order chi connectivity index (χ0) is 26.9. The van der Waals surface area contributed by atoms with Crippen LogP contribution >= 0.6 is 0 Å². The Labute approximate surface area is 223 Å². The van der Waals surface area contributed by atoms with E-state index in [1.165, 1.54) is 18.5 Å². The predicted molar refractivity (Wildman–Crippen MR) is 141 cm³/mol. The van der Waals surface area contributed by atoms with E-state index < -0.39 is 5.92 Å². The molecule has 200 valence electrons.